The van der Waals surface area contributed by atoms with E-state index in [-0.39, 0.29) is 18.9 Å². The summed E-state index contributed by atoms with van der Waals surface area (Å²) in [6, 6.07) is 13.7. The molecule has 0 aromatic heterocycles. The molecule has 1 amide bonds. The van der Waals surface area contributed by atoms with E-state index < -0.39 is 12.1 Å². The van der Waals surface area contributed by atoms with Gasteiger partial charge in [0.25, 0.3) is 5.91 Å². The van der Waals surface area contributed by atoms with Crippen LogP contribution in [0.3, 0.4) is 0 Å². The maximum Gasteiger partial charge on any atom is 0.305 e. The Morgan fingerprint density at radius 1 is 1.19 bits per heavy atom. The molecule has 26 heavy (non-hydrogen) atoms. The summed E-state index contributed by atoms with van der Waals surface area (Å²) >= 11 is 0. The second-order valence-corrected chi connectivity index (χ2v) is 6.54. The van der Waals surface area contributed by atoms with Gasteiger partial charge in [-0.3, -0.25) is 9.59 Å². The van der Waals surface area contributed by atoms with Crippen molar-refractivity contribution in [2.24, 2.45) is 0 Å². The van der Waals surface area contributed by atoms with Gasteiger partial charge in [-0.15, -0.1) is 0 Å². The number of benzene rings is 2. The third kappa shape index (κ3) is 3.72. The molecule has 0 saturated carbocycles. The summed E-state index contributed by atoms with van der Waals surface area (Å²) in [4.78, 5) is 25.7. The number of ether oxygens (including phenoxy) is 1. The lowest BCUT2D eigenvalue weighted by atomic mass is 10.0. The fourth-order valence-electron chi connectivity index (χ4n) is 3.27. The van der Waals surface area contributed by atoms with Crippen LogP contribution < -0.4 is 9.64 Å². The van der Waals surface area contributed by atoms with Crippen molar-refractivity contribution < 1.29 is 19.4 Å². The first-order chi connectivity index (χ1) is 12.5. The molecule has 2 aromatic carbocycles. The van der Waals surface area contributed by atoms with Gasteiger partial charge in [0.15, 0.2) is 6.10 Å². The number of amides is 1. The zero-order valence-corrected chi connectivity index (χ0v) is 15.1. The number of carbonyl (C=O) groups excluding carboxylic acids is 1. The quantitative estimate of drug-likeness (QED) is 0.865. The van der Waals surface area contributed by atoms with Crippen molar-refractivity contribution in [3.63, 3.8) is 0 Å². The molecule has 5 nitrogen and oxygen atoms in total. The molecule has 1 atom stereocenters. The lowest BCUT2D eigenvalue weighted by Crippen LogP contribution is -2.48. The van der Waals surface area contributed by atoms with E-state index in [4.69, 9.17) is 9.84 Å². The van der Waals surface area contributed by atoms with E-state index >= 15 is 0 Å². The Labute approximate surface area is 153 Å². The van der Waals surface area contributed by atoms with Crippen LogP contribution in [0.15, 0.2) is 42.5 Å². The highest BCUT2D eigenvalue weighted by Gasteiger charge is 2.35. The third-order valence-electron chi connectivity index (χ3n) is 4.63. The fourth-order valence-corrected chi connectivity index (χ4v) is 3.27. The van der Waals surface area contributed by atoms with E-state index in [2.05, 4.69) is 6.07 Å². The summed E-state index contributed by atoms with van der Waals surface area (Å²) in [5.41, 5.74) is 3.75. The minimum absolute atomic E-state index is 0.0986. The Kier molecular flexibility index (Phi) is 5.26. The average Bonchev–Trinajstić information content (AvgIpc) is 2.63. The first-order valence-corrected chi connectivity index (χ1v) is 8.87. The van der Waals surface area contributed by atoms with Gasteiger partial charge in [-0.2, -0.15) is 0 Å². The molecule has 5 heteroatoms. The number of aliphatic carboxylic acids is 1. The van der Waals surface area contributed by atoms with Gasteiger partial charge in [-0.1, -0.05) is 43.3 Å². The molecular weight excluding hydrogens is 330 g/mol. The molecule has 0 aliphatic carbocycles. The van der Waals surface area contributed by atoms with E-state index in [9.17, 15) is 9.59 Å². The highest BCUT2D eigenvalue weighted by atomic mass is 16.5. The van der Waals surface area contributed by atoms with Crippen molar-refractivity contribution >= 4 is 17.6 Å². The van der Waals surface area contributed by atoms with Gasteiger partial charge in [0.1, 0.15) is 5.75 Å². The first kappa shape index (κ1) is 18.0. The molecule has 1 aliphatic heterocycles. The van der Waals surface area contributed by atoms with Crippen LogP contribution in [0, 0.1) is 6.92 Å². The van der Waals surface area contributed by atoms with Crippen LogP contribution in [-0.4, -0.2) is 29.6 Å². The normalized spacial score (nSPS) is 16.2. The van der Waals surface area contributed by atoms with Crippen LogP contribution in [0.4, 0.5) is 5.69 Å². The topological polar surface area (TPSA) is 66.8 Å². The third-order valence-corrected chi connectivity index (χ3v) is 4.63. The number of carboxylic acid groups (broad SMARTS) is 1. The van der Waals surface area contributed by atoms with Crippen LogP contribution in [0.25, 0.3) is 0 Å². The Bertz CT molecular complexity index is 816. The summed E-state index contributed by atoms with van der Waals surface area (Å²) in [5, 5.41) is 9.07. The number of carboxylic acids is 1. The van der Waals surface area contributed by atoms with Crippen molar-refractivity contribution in [2.45, 2.75) is 39.2 Å². The molecule has 136 valence electrons. The highest BCUT2D eigenvalue weighted by Crippen LogP contribution is 2.39. The summed E-state index contributed by atoms with van der Waals surface area (Å²) in [7, 11) is 0. The monoisotopic (exact) mass is 353 g/mol. The number of fused-ring (bicyclic) bond motifs is 1. The summed E-state index contributed by atoms with van der Waals surface area (Å²) in [6.45, 7) is 4.15. The number of carbonyl (C=O) groups is 2. The van der Waals surface area contributed by atoms with Crippen molar-refractivity contribution in [1.29, 1.82) is 0 Å². The molecule has 0 bridgehead atoms. The van der Waals surface area contributed by atoms with Crippen molar-refractivity contribution in [3.8, 4) is 5.75 Å². The summed E-state index contributed by atoms with van der Waals surface area (Å²) in [6.07, 6.45) is 0.545. The number of anilines is 1. The second kappa shape index (κ2) is 7.60. The maximum atomic E-state index is 13.0. The number of hydrogen-bond donors (Lipinski definition) is 1. The minimum Gasteiger partial charge on any atom is -0.481 e. The van der Waals surface area contributed by atoms with Crippen LogP contribution in [-0.2, 0) is 22.4 Å². The maximum absolute atomic E-state index is 13.0. The molecule has 1 unspecified atom stereocenters. The Balaban J connectivity index is 1.97. The molecule has 2 aromatic rings. The van der Waals surface area contributed by atoms with E-state index in [1.807, 2.05) is 50.2 Å². The summed E-state index contributed by atoms with van der Waals surface area (Å²) < 4.78 is 6.08. The highest BCUT2D eigenvalue weighted by molar-refractivity contribution is 6.01. The van der Waals surface area contributed by atoms with Crippen LogP contribution in [0.1, 0.15) is 30.0 Å². The van der Waals surface area contributed by atoms with E-state index in [1.54, 1.807) is 4.90 Å². The fraction of sp³-hybridized carbons (Fsp3) is 0.333. The Hall–Kier alpha value is -2.82. The molecule has 3 rings (SSSR count). The Morgan fingerprint density at radius 3 is 2.58 bits per heavy atom. The van der Waals surface area contributed by atoms with Gasteiger partial charge in [0.2, 0.25) is 0 Å². The van der Waals surface area contributed by atoms with Gasteiger partial charge in [0, 0.05) is 13.0 Å². The number of nitrogens with zero attached hydrogens (tertiary/aromatic N) is 1. The van der Waals surface area contributed by atoms with E-state index in [0.717, 1.165) is 23.1 Å². The zero-order chi connectivity index (χ0) is 18.7. The van der Waals surface area contributed by atoms with Crippen LogP contribution in [0.5, 0.6) is 5.75 Å². The number of rotatable bonds is 6. The number of aryl methyl sites for hydroxylation is 2. The Morgan fingerprint density at radius 2 is 1.92 bits per heavy atom. The predicted molar refractivity (Wildman–Crippen MR) is 99.7 cm³/mol. The standard InChI is InChI=1S/C21H23NO4/c1-3-15-11-14(2)20-17(12-15)22(10-9-19(23)24)21(25)18(26-20)13-16-7-5-4-6-8-16/h4-8,11-12,18H,3,9-10,13H2,1-2H3,(H,23,24). The molecule has 1 heterocycles. The van der Waals surface area contributed by atoms with Crippen molar-refractivity contribution in [1.82, 2.24) is 0 Å². The van der Waals surface area contributed by atoms with Crippen molar-refractivity contribution in [2.75, 3.05) is 11.4 Å². The van der Waals surface area contributed by atoms with Gasteiger partial charge in [-0.05, 0) is 36.1 Å². The molecule has 1 N–H and O–H groups in total. The lowest BCUT2D eigenvalue weighted by molar-refractivity contribution is -0.136. The molecule has 1 aliphatic rings. The zero-order valence-electron chi connectivity index (χ0n) is 15.1. The minimum atomic E-state index is -0.922. The van der Waals surface area contributed by atoms with Gasteiger partial charge < -0.3 is 14.7 Å². The van der Waals surface area contributed by atoms with E-state index in [0.29, 0.717) is 17.9 Å². The number of hydrogen-bond acceptors (Lipinski definition) is 3. The molecule has 0 radical (unpaired) electrons. The first-order valence-electron chi connectivity index (χ1n) is 8.87. The smallest absolute Gasteiger partial charge is 0.305 e. The molecule has 0 spiro atoms. The lowest BCUT2D eigenvalue weighted by Gasteiger charge is -2.35. The van der Waals surface area contributed by atoms with Gasteiger partial charge >= 0.3 is 5.97 Å². The largest absolute Gasteiger partial charge is 0.481 e. The van der Waals surface area contributed by atoms with Gasteiger partial charge in [0.05, 0.1) is 12.1 Å². The van der Waals surface area contributed by atoms with Gasteiger partial charge in [-0.25, -0.2) is 0 Å². The molecular formula is C21H23NO4. The average molecular weight is 353 g/mol. The predicted octanol–water partition coefficient (Wildman–Crippen LogP) is 3.37. The van der Waals surface area contributed by atoms with E-state index in [1.165, 1.54) is 0 Å². The molecule has 0 saturated heterocycles. The molecule has 0 fully saturated rings. The summed E-state index contributed by atoms with van der Waals surface area (Å²) in [5.74, 6) is -0.433. The van der Waals surface area contributed by atoms with Crippen LogP contribution >= 0.6 is 0 Å². The SMILES string of the molecule is CCc1cc(C)c2c(c1)N(CCC(=O)O)C(=O)C(Cc1ccccc1)O2. The van der Waals surface area contributed by atoms with Crippen LogP contribution in [0.2, 0.25) is 0 Å². The second-order valence-electron chi connectivity index (χ2n) is 6.54. The van der Waals surface area contributed by atoms with Crippen molar-refractivity contribution in [3.05, 3.63) is 59.2 Å².